The van der Waals surface area contributed by atoms with E-state index < -0.39 is 0 Å². The zero-order chi connectivity index (χ0) is 15.5. The molecule has 0 unspecified atom stereocenters. The summed E-state index contributed by atoms with van der Waals surface area (Å²) in [6.07, 6.45) is 0. The minimum atomic E-state index is 0.0548. The molecule has 2 aromatic rings. The van der Waals surface area contributed by atoms with Gasteiger partial charge in [0.25, 0.3) is 0 Å². The molecule has 1 aromatic heterocycles. The second-order valence-electron chi connectivity index (χ2n) is 5.92. The molecular formula is C17H24N4O. The maximum atomic E-state index is 9.60. The molecule has 5 heteroatoms. The Hall–Kier alpha value is -1.85. The van der Waals surface area contributed by atoms with Crippen LogP contribution in [0, 0.1) is 6.92 Å². The van der Waals surface area contributed by atoms with E-state index in [1.807, 2.05) is 18.7 Å². The first-order valence-electron chi connectivity index (χ1n) is 7.83. The maximum Gasteiger partial charge on any atom is 0.156 e. The Kier molecular flexibility index (Phi) is 4.45. The molecule has 1 fully saturated rings. The van der Waals surface area contributed by atoms with Crippen LogP contribution in [-0.2, 0) is 20.2 Å². The first-order valence-corrected chi connectivity index (χ1v) is 7.83. The maximum absolute atomic E-state index is 9.60. The molecule has 0 amide bonds. The molecule has 1 saturated heterocycles. The number of aromatic nitrogens is 2. The Labute approximate surface area is 131 Å². The Morgan fingerprint density at radius 3 is 2.41 bits per heavy atom. The standard InChI is InChI=1S/C17H24N4O/c1-14-16(13-22)17(18-19(14)2)21-10-8-20(9-11-21)12-15-6-4-3-5-7-15/h3-7,22H,8-13H2,1-2H3. The van der Waals surface area contributed by atoms with E-state index in [1.165, 1.54) is 5.56 Å². The summed E-state index contributed by atoms with van der Waals surface area (Å²) >= 11 is 0. The normalized spacial score (nSPS) is 16.2. The molecule has 118 valence electrons. The number of rotatable bonds is 4. The van der Waals surface area contributed by atoms with Gasteiger partial charge in [-0.2, -0.15) is 5.10 Å². The summed E-state index contributed by atoms with van der Waals surface area (Å²) < 4.78 is 1.86. The third-order valence-electron chi connectivity index (χ3n) is 4.52. The van der Waals surface area contributed by atoms with E-state index in [1.54, 1.807) is 0 Å². The van der Waals surface area contributed by atoms with Gasteiger partial charge in [-0.05, 0) is 12.5 Å². The molecule has 22 heavy (non-hydrogen) atoms. The summed E-state index contributed by atoms with van der Waals surface area (Å²) in [5.41, 5.74) is 3.36. The molecule has 2 heterocycles. The molecule has 1 aliphatic heterocycles. The lowest BCUT2D eigenvalue weighted by molar-refractivity contribution is 0.247. The fourth-order valence-electron chi connectivity index (χ4n) is 3.03. The highest BCUT2D eigenvalue weighted by atomic mass is 16.3. The van der Waals surface area contributed by atoms with Crippen molar-refractivity contribution in [1.29, 1.82) is 0 Å². The Balaban J connectivity index is 1.63. The molecule has 1 N–H and O–H groups in total. The van der Waals surface area contributed by atoms with Gasteiger partial charge in [0.15, 0.2) is 5.82 Å². The van der Waals surface area contributed by atoms with E-state index in [-0.39, 0.29) is 6.61 Å². The number of aryl methyl sites for hydroxylation is 1. The monoisotopic (exact) mass is 300 g/mol. The van der Waals surface area contributed by atoms with Crippen LogP contribution in [0.3, 0.4) is 0 Å². The molecule has 5 nitrogen and oxygen atoms in total. The number of aliphatic hydroxyl groups excluding tert-OH is 1. The molecule has 0 radical (unpaired) electrons. The topological polar surface area (TPSA) is 44.5 Å². The van der Waals surface area contributed by atoms with Crippen LogP contribution in [0.2, 0.25) is 0 Å². The van der Waals surface area contributed by atoms with E-state index >= 15 is 0 Å². The molecular weight excluding hydrogens is 276 g/mol. The molecule has 0 aliphatic carbocycles. The van der Waals surface area contributed by atoms with Crippen LogP contribution < -0.4 is 4.90 Å². The van der Waals surface area contributed by atoms with Gasteiger partial charge in [0.2, 0.25) is 0 Å². The van der Waals surface area contributed by atoms with Crippen molar-refractivity contribution in [1.82, 2.24) is 14.7 Å². The van der Waals surface area contributed by atoms with Crippen LogP contribution >= 0.6 is 0 Å². The van der Waals surface area contributed by atoms with Crippen molar-refractivity contribution in [3.05, 3.63) is 47.2 Å². The predicted octanol–water partition coefficient (Wildman–Crippen LogP) is 1.54. The highest BCUT2D eigenvalue weighted by molar-refractivity contribution is 5.49. The van der Waals surface area contributed by atoms with Gasteiger partial charge in [0.05, 0.1) is 6.61 Å². The van der Waals surface area contributed by atoms with Crippen molar-refractivity contribution in [3.63, 3.8) is 0 Å². The summed E-state index contributed by atoms with van der Waals surface area (Å²) in [6.45, 7) is 7.02. The van der Waals surface area contributed by atoms with Gasteiger partial charge >= 0.3 is 0 Å². The Morgan fingerprint density at radius 1 is 1.09 bits per heavy atom. The smallest absolute Gasteiger partial charge is 0.156 e. The fraction of sp³-hybridized carbons (Fsp3) is 0.471. The summed E-state index contributed by atoms with van der Waals surface area (Å²) in [4.78, 5) is 4.76. The lowest BCUT2D eigenvalue weighted by atomic mass is 10.2. The number of hydrogen-bond acceptors (Lipinski definition) is 4. The zero-order valence-corrected chi connectivity index (χ0v) is 13.4. The van der Waals surface area contributed by atoms with E-state index in [2.05, 4.69) is 45.2 Å². The van der Waals surface area contributed by atoms with Gasteiger partial charge in [-0.15, -0.1) is 0 Å². The SMILES string of the molecule is Cc1c(CO)c(N2CCN(Cc3ccccc3)CC2)nn1C. The number of hydrogen-bond donors (Lipinski definition) is 1. The van der Waals surface area contributed by atoms with E-state index in [4.69, 9.17) is 0 Å². The minimum Gasteiger partial charge on any atom is -0.391 e. The number of anilines is 1. The number of aliphatic hydroxyl groups is 1. The first-order chi connectivity index (χ1) is 10.7. The molecule has 1 aromatic carbocycles. The van der Waals surface area contributed by atoms with E-state index in [0.29, 0.717) is 0 Å². The quantitative estimate of drug-likeness (QED) is 0.930. The van der Waals surface area contributed by atoms with Crippen LogP contribution in [0.4, 0.5) is 5.82 Å². The second kappa shape index (κ2) is 6.50. The molecule has 0 spiro atoms. The van der Waals surface area contributed by atoms with Gasteiger partial charge < -0.3 is 10.0 Å². The molecule has 0 saturated carbocycles. The molecule has 1 aliphatic rings. The molecule has 0 bridgehead atoms. The number of benzene rings is 1. The Bertz CT molecular complexity index is 615. The van der Waals surface area contributed by atoms with Gasteiger partial charge in [0, 0.05) is 51.0 Å². The van der Waals surface area contributed by atoms with E-state index in [9.17, 15) is 5.11 Å². The molecule has 0 atom stereocenters. The minimum absolute atomic E-state index is 0.0548. The summed E-state index contributed by atoms with van der Waals surface area (Å²) in [5.74, 6) is 0.946. The lowest BCUT2D eigenvalue weighted by Crippen LogP contribution is -2.46. The number of nitrogens with zero attached hydrogens (tertiary/aromatic N) is 4. The average Bonchev–Trinajstić information content (AvgIpc) is 2.84. The lowest BCUT2D eigenvalue weighted by Gasteiger charge is -2.35. The third kappa shape index (κ3) is 3.00. The van der Waals surface area contributed by atoms with Gasteiger partial charge in [-0.25, -0.2) is 0 Å². The van der Waals surface area contributed by atoms with E-state index in [0.717, 1.165) is 49.8 Å². The van der Waals surface area contributed by atoms with Crippen LogP contribution in [0.5, 0.6) is 0 Å². The van der Waals surface area contributed by atoms with Crippen molar-refractivity contribution in [2.45, 2.75) is 20.1 Å². The van der Waals surface area contributed by atoms with Crippen molar-refractivity contribution >= 4 is 5.82 Å². The van der Waals surface area contributed by atoms with Crippen molar-refractivity contribution in [3.8, 4) is 0 Å². The average molecular weight is 300 g/mol. The van der Waals surface area contributed by atoms with Gasteiger partial charge in [-0.3, -0.25) is 9.58 Å². The van der Waals surface area contributed by atoms with Crippen molar-refractivity contribution < 1.29 is 5.11 Å². The number of piperazine rings is 1. The van der Waals surface area contributed by atoms with Gasteiger partial charge in [0.1, 0.15) is 0 Å². The van der Waals surface area contributed by atoms with Crippen molar-refractivity contribution in [2.24, 2.45) is 7.05 Å². The fourth-order valence-corrected chi connectivity index (χ4v) is 3.03. The summed E-state index contributed by atoms with van der Waals surface area (Å²) in [5, 5.41) is 14.2. The van der Waals surface area contributed by atoms with Crippen LogP contribution in [0.25, 0.3) is 0 Å². The largest absolute Gasteiger partial charge is 0.391 e. The third-order valence-corrected chi connectivity index (χ3v) is 4.52. The predicted molar refractivity (Wildman–Crippen MR) is 87.8 cm³/mol. The second-order valence-corrected chi connectivity index (χ2v) is 5.92. The van der Waals surface area contributed by atoms with Crippen LogP contribution in [-0.4, -0.2) is 46.0 Å². The summed E-state index contributed by atoms with van der Waals surface area (Å²) in [6, 6.07) is 10.6. The highest BCUT2D eigenvalue weighted by Gasteiger charge is 2.23. The first kappa shape index (κ1) is 15.1. The van der Waals surface area contributed by atoms with Gasteiger partial charge in [-0.1, -0.05) is 30.3 Å². The highest BCUT2D eigenvalue weighted by Crippen LogP contribution is 2.23. The van der Waals surface area contributed by atoms with Crippen LogP contribution in [0.1, 0.15) is 16.8 Å². The van der Waals surface area contributed by atoms with Crippen LogP contribution in [0.15, 0.2) is 30.3 Å². The molecule has 3 rings (SSSR count). The Morgan fingerprint density at radius 2 is 1.77 bits per heavy atom. The van der Waals surface area contributed by atoms with Crippen molar-refractivity contribution in [2.75, 3.05) is 31.1 Å². The zero-order valence-electron chi connectivity index (χ0n) is 13.4. The summed E-state index contributed by atoms with van der Waals surface area (Å²) in [7, 11) is 1.93.